The van der Waals surface area contributed by atoms with Gasteiger partial charge in [-0.2, -0.15) is 0 Å². The lowest BCUT2D eigenvalue weighted by Crippen LogP contribution is -2.30. The quantitative estimate of drug-likeness (QED) is 0.802. The van der Waals surface area contributed by atoms with E-state index in [-0.39, 0.29) is 5.91 Å². The maximum Gasteiger partial charge on any atom is 0.217 e. The smallest absolute Gasteiger partial charge is 0.217 e. The zero-order chi connectivity index (χ0) is 9.97. The van der Waals surface area contributed by atoms with E-state index in [0.29, 0.717) is 12.0 Å². The molecule has 1 aromatic rings. The van der Waals surface area contributed by atoms with E-state index < -0.39 is 0 Å². The van der Waals surface area contributed by atoms with Crippen molar-refractivity contribution in [2.24, 2.45) is 0 Å². The number of rotatable bonds is 2. The molecule has 76 valence electrons. The Hall–Kier alpha value is -0.970. The van der Waals surface area contributed by atoms with Crippen LogP contribution in [-0.2, 0) is 4.79 Å². The molecule has 0 radical (unpaired) electrons. The second kappa shape index (κ2) is 4.04. The molecule has 1 fully saturated rings. The van der Waals surface area contributed by atoms with Crippen molar-refractivity contribution in [3.63, 3.8) is 0 Å². The molecule has 14 heavy (non-hydrogen) atoms. The SMILES string of the molecule is CC(=O)N[C@@H]1CC[C@H](c2nncs2)C1. The highest BCUT2D eigenvalue weighted by atomic mass is 32.1. The summed E-state index contributed by atoms with van der Waals surface area (Å²) in [6, 6.07) is 0.335. The van der Waals surface area contributed by atoms with Gasteiger partial charge in [0.1, 0.15) is 10.5 Å². The van der Waals surface area contributed by atoms with Gasteiger partial charge in [-0.25, -0.2) is 0 Å². The molecule has 0 unspecified atom stereocenters. The van der Waals surface area contributed by atoms with Crippen LogP contribution in [0.4, 0.5) is 0 Å². The highest BCUT2D eigenvalue weighted by Gasteiger charge is 2.28. The highest BCUT2D eigenvalue weighted by molar-refractivity contribution is 7.09. The summed E-state index contributed by atoms with van der Waals surface area (Å²) in [5.41, 5.74) is 1.76. The number of hydrogen-bond acceptors (Lipinski definition) is 4. The zero-order valence-electron chi connectivity index (χ0n) is 8.06. The van der Waals surface area contributed by atoms with Gasteiger partial charge in [-0.15, -0.1) is 21.5 Å². The van der Waals surface area contributed by atoms with Gasteiger partial charge in [0.25, 0.3) is 0 Å². The summed E-state index contributed by atoms with van der Waals surface area (Å²) >= 11 is 1.61. The number of carbonyl (C=O) groups is 1. The van der Waals surface area contributed by atoms with Gasteiger partial charge in [0, 0.05) is 18.9 Å². The highest BCUT2D eigenvalue weighted by Crippen LogP contribution is 2.34. The number of nitrogens with one attached hydrogen (secondary N) is 1. The first-order valence-electron chi connectivity index (χ1n) is 4.79. The third-order valence-corrected chi connectivity index (χ3v) is 3.42. The van der Waals surface area contributed by atoms with Gasteiger partial charge in [-0.1, -0.05) is 0 Å². The summed E-state index contributed by atoms with van der Waals surface area (Å²) in [4.78, 5) is 10.9. The molecule has 0 aromatic carbocycles. The van der Waals surface area contributed by atoms with Gasteiger partial charge in [0.2, 0.25) is 5.91 Å². The lowest BCUT2D eigenvalue weighted by atomic mass is 10.1. The van der Waals surface area contributed by atoms with E-state index in [1.54, 1.807) is 23.8 Å². The zero-order valence-corrected chi connectivity index (χ0v) is 8.88. The van der Waals surface area contributed by atoms with Crippen LogP contribution in [0.3, 0.4) is 0 Å². The summed E-state index contributed by atoms with van der Waals surface area (Å²) in [5, 5.41) is 12.0. The van der Waals surface area contributed by atoms with Crippen LogP contribution in [0, 0.1) is 0 Å². The Morgan fingerprint density at radius 3 is 3.14 bits per heavy atom. The number of nitrogens with zero attached hydrogens (tertiary/aromatic N) is 2. The number of hydrogen-bond donors (Lipinski definition) is 1. The molecule has 0 bridgehead atoms. The van der Waals surface area contributed by atoms with Crippen LogP contribution in [-0.4, -0.2) is 22.1 Å². The first-order chi connectivity index (χ1) is 6.75. The number of amides is 1. The van der Waals surface area contributed by atoms with Crippen molar-refractivity contribution in [2.75, 3.05) is 0 Å². The molecule has 0 saturated heterocycles. The Kier molecular flexibility index (Phi) is 2.77. The molecule has 1 saturated carbocycles. The monoisotopic (exact) mass is 211 g/mol. The van der Waals surface area contributed by atoms with Gasteiger partial charge in [-0.3, -0.25) is 4.79 Å². The molecule has 4 nitrogen and oxygen atoms in total. The summed E-state index contributed by atoms with van der Waals surface area (Å²) < 4.78 is 0. The van der Waals surface area contributed by atoms with E-state index in [9.17, 15) is 4.79 Å². The second-order valence-corrected chi connectivity index (χ2v) is 4.55. The molecule has 2 atom stereocenters. The molecule has 1 aromatic heterocycles. The van der Waals surface area contributed by atoms with E-state index in [1.165, 1.54) is 0 Å². The van der Waals surface area contributed by atoms with Crippen LogP contribution in [0.15, 0.2) is 5.51 Å². The van der Waals surface area contributed by atoms with Crippen molar-refractivity contribution in [2.45, 2.75) is 38.1 Å². The van der Waals surface area contributed by atoms with Crippen molar-refractivity contribution >= 4 is 17.2 Å². The predicted octanol–water partition coefficient (Wildman–Crippen LogP) is 1.31. The fraction of sp³-hybridized carbons (Fsp3) is 0.667. The Morgan fingerprint density at radius 2 is 2.50 bits per heavy atom. The molecule has 2 rings (SSSR count). The molecule has 1 heterocycles. The topological polar surface area (TPSA) is 54.9 Å². The fourth-order valence-electron chi connectivity index (χ4n) is 1.98. The summed E-state index contributed by atoms with van der Waals surface area (Å²) in [6.45, 7) is 1.57. The average Bonchev–Trinajstić information content (AvgIpc) is 2.69. The molecular formula is C9H13N3OS. The summed E-state index contributed by atoms with van der Waals surface area (Å²) in [5.74, 6) is 0.562. The molecule has 0 spiro atoms. The van der Waals surface area contributed by atoms with Crippen LogP contribution in [0.5, 0.6) is 0 Å². The van der Waals surface area contributed by atoms with E-state index in [1.807, 2.05) is 0 Å². The van der Waals surface area contributed by atoms with Crippen molar-refractivity contribution in [3.8, 4) is 0 Å². The number of aromatic nitrogens is 2. The molecular weight excluding hydrogens is 198 g/mol. The standard InChI is InChI=1S/C9H13N3OS/c1-6(13)11-8-3-2-7(4-8)9-12-10-5-14-9/h5,7-8H,2-4H2,1H3,(H,11,13)/t7-,8+/m0/s1. The van der Waals surface area contributed by atoms with Crippen molar-refractivity contribution in [1.82, 2.24) is 15.5 Å². The fourth-order valence-corrected chi connectivity index (χ4v) is 2.69. The third kappa shape index (κ3) is 2.09. The minimum absolute atomic E-state index is 0.0629. The Balaban J connectivity index is 1.92. The van der Waals surface area contributed by atoms with Gasteiger partial charge in [-0.05, 0) is 19.3 Å². The third-order valence-electron chi connectivity index (χ3n) is 2.57. The summed E-state index contributed by atoms with van der Waals surface area (Å²) in [7, 11) is 0. The molecule has 1 aliphatic carbocycles. The lowest BCUT2D eigenvalue weighted by Gasteiger charge is -2.09. The number of carbonyl (C=O) groups excluding carboxylic acids is 1. The van der Waals surface area contributed by atoms with Crippen molar-refractivity contribution in [3.05, 3.63) is 10.5 Å². The molecule has 1 N–H and O–H groups in total. The molecule has 1 aliphatic rings. The molecule has 0 aliphatic heterocycles. The Labute approximate surface area is 86.7 Å². The predicted molar refractivity (Wildman–Crippen MR) is 54.1 cm³/mol. The normalized spacial score (nSPS) is 26.4. The Bertz CT molecular complexity index is 312. The minimum Gasteiger partial charge on any atom is -0.354 e. The van der Waals surface area contributed by atoms with Gasteiger partial charge in [0.15, 0.2) is 0 Å². The van der Waals surface area contributed by atoms with Crippen LogP contribution >= 0.6 is 11.3 Å². The Morgan fingerprint density at radius 1 is 1.64 bits per heavy atom. The minimum atomic E-state index is 0.0629. The maximum atomic E-state index is 10.9. The van der Waals surface area contributed by atoms with E-state index in [2.05, 4.69) is 15.5 Å². The molecule has 1 amide bonds. The first-order valence-corrected chi connectivity index (χ1v) is 5.67. The van der Waals surface area contributed by atoms with Gasteiger partial charge < -0.3 is 5.32 Å². The lowest BCUT2D eigenvalue weighted by molar-refractivity contribution is -0.119. The largest absolute Gasteiger partial charge is 0.354 e. The van der Waals surface area contributed by atoms with Crippen LogP contribution < -0.4 is 5.32 Å². The first kappa shape index (κ1) is 9.58. The van der Waals surface area contributed by atoms with E-state index in [4.69, 9.17) is 0 Å². The molecule has 5 heteroatoms. The maximum absolute atomic E-state index is 10.9. The second-order valence-electron chi connectivity index (χ2n) is 3.68. The van der Waals surface area contributed by atoms with Gasteiger partial charge in [0.05, 0.1) is 0 Å². The average molecular weight is 211 g/mol. The van der Waals surface area contributed by atoms with Crippen LogP contribution in [0.2, 0.25) is 0 Å². The van der Waals surface area contributed by atoms with Crippen molar-refractivity contribution in [1.29, 1.82) is 0 Å². The van der Waals surface area contributed by atoms with Crippen LogP contribution in [0.1, 0.15) is 37.1 Å². The van der Waals surface area contributed by atoms with E-state index in [0.717, 1.165) is 24.3 Å². The van der Waals surface area contributed by atoms with E-state index >= 15 is 0 Å². The van der Waals surface area contributed by atoms with Gasteiger partial charge >= 0.3 is 0 Å². The van der Waals surface area contributed by atoms with Crippen molar-refractivity contribution < 1.29 is 4.79 Å². The summed E-state index contributed by atoms with van der Waals surface area (Å²) in [6.07, 6.45) is 3.18. The van der Waals surface area contributed by atoms with Crippen LogP contribution in [0.25, 0.3) is 0 Å².